The largest absolute Gasteiger partial charge is 0.412 e. The van der Waals surface area contributed by atoms with Gasteiger partial charge in [-0.05, 0) is 125 Å². The maximum Gasteiger partial charge on any atom is 0.296 e. The van der Waals surface area contributed by atoms with Crippen LogP contribution in [0.3, 0.4) is 0 Å². The third-order valence-corrected chi connectivity index (χ3v) is 12.2. The van der Waals surface area contributed by atoms with E-state index < -0.39 is 29.0 Å². The summed E-state index contributed by atoms with van der Waals surface area (Å²) in [7, 11) is -5.79. The number of aliphatic hydroxyl groups excluding tert-OH is 1. The van der Waals surface area contributed by atoms with E-state index >= 15 is 0 Å². The Morgan fingerprint density at radius 3 is 1.29 bits per heavy atom. The monoisotopic (exact) mass is 967 g/mol. The standard InChI is InChI=1S/C23H24O5S2.C9H12O.C7H7ClO2S.C5H4.2C3H4.H3N.2H2O/c1-18-5-11-21(12-6-18)29(24,25)22-15-9-20(10-16-22)4-3-17-28-30(26,27)23-13-7-19(2)8-14-23;10-8-4-7-9-5-2-1-3-6-9;1-6-2-4-7(5-3-6)11(8,9)10;1-3-5-4-2;2*1-3-2;;;/h5-16H,3-4,17H2,1-2H3;1-3,5-6,10H,4,7-8H2;2-5H,1H3;1H,2H3;2*1-2H2;1H3;2*1H2. The van der Waals surface area contributed by atoms with Crippen LogP contribution in [0, 0.1) is 45.0 Å². The minimum Gasteiger partial charge on any atom is -0.412 e. The number of terminal acetylenes is 1. The Morgan fingerprint density at radius 1 is 0.585 bits per heavy atom. The van der Waals surface area contributed by atoms with Gasteiger partial charge in [0, 0.05) is 17.3 Å². The topological polar surface area (TPSA) is 230 Å². The van der Waals surface area contributed by atoms with Crippen molar-refractivity contribution < 1.29 is 45.5 Å². The Bertz CT molecular complexity index is 2560. The molecule has 0 saturated heterocycles. The molecular weight excluding hydrogens is 906 g/mol. The van der Waals surface area contributed by atoms with Crippen molar-refractivity contribution in [2.45, 2.75) is 73.0 Å². The van der Waals surface area contributed by atoms with E-state index in [0.29, 0.717) is 12.8 Å². The average Bonchev–Trinajstić information content (AvgIpc) is 3.24. The van der Waals surface area contributed by atoms with Crippen LogP contribution < -0.4 is 6.15 Å². The van der Waals surface area contributed by atoms with Crippen LogP contribution in [0.5, 0.6) is 0 Å². The second kappa shape index (κ2) is 36.5. The highest BCUT2D eigenvalue weighted by atomic mass is 35.7. The molecule has 5 rings (SSSR count). The van der Waals surface area contributed by atoms with Crippen molar-refractivity contribution in [2.75, 3.05) is 13.2 Å². The van der Waals surface area contributed by atoms with Crippen molar-refractivity contribution >= 4 is 39.7 Å². The lowest BCUT2D eigenvalue weighted by Crippen LogP contribution is -2.08. The molecule has 15 heteroatoms. The van der Waals surface area contributed by atoms with Gasteiger partial charge in [0.15, 0.2) is 0 Å². The summed E-state index contributed by atoms with van der Waals surface area (Å²) in [5, 5.41) is 8.53. The third kappa shape index (κ3) is 28.6. The maximum atomic E-state index is 12.7. The highest BCUT2D eigenvalue weighted by Crippen LogP contribution is 2.22. The highest BCUT2D eigenvalue weighted by Gasteiger charge is 2.18. The smallest absolute Gasteiger partial charge is 0.296 e. The second-order valence-corrected chi connectivity index (χ2v) is 18.9. The van der Waals surface area contributed by atoms with Gasteiger partial charge in [-0.2, -0.15) is 8.42 Å². The number of aliphatic hydroxyl groups is 1. The molecule has 0 unspecified atom stereocenters. The van der Waals surface area contributed by atoms with Gasteiger partial charge in [-0.3, -0.25) is 4.18 Å². The molecular formula is C50H62ClNO10S3. The average molecular weight is 969 g/mol. The summed E-state index contributed by atoms with van der Waals surface area (Å²) in [5.41, 5.74) is 9.69. The number of benzene rings is 5. The fourth-order valence-electron chi connectivity index (χ4n) is 4.61. The van der Waals surface area contributed by atoms with Gasteiger partial charge in [-0.25, -0.2) is 16.8 Å². The van der Waals surface area contributed by atoms with Crippen molar-refractivity contribution in [3.05, 3.63) is 193 Å². The molecule has 0 radical (unpaired) electrons. The second-order valence-electron chi connectivity index (χ2n) is 12.7. The van der Waals surface area contributed by atoms with Gasteiger partial charge in [0.05, 0.1) is 26.2 Å². The van der Waals surface area contributed by atoms with Gasteiger partial charge in [-0.1, -0.05) is 128 Å². The van der Waals surface area contributed by atoms with Gasteiger partial charge in [0.2, 0.25) is 9.84 Å². The number of halogens is 1. The zero-order chi connectivity index (χ0) is 47.0. The van der Waals surface area contributed by atoms with Crippen LogP contribution >= 0.6 is 10.7 Å². The van der Waals surface area contributed by atoms with Crippen molar-refractivity contribution in [1.82, 2.24) is 6.15 Å². The normalized spacial score (nSPS) is 9.49. The molecule has 8 N–H and O–H groups in total. The van der Waals surface area contributed by atoms with E-state index in [-0.39, 0.29) is 49.9 Å². The summed E-state index contributed by atoms with van der Waals surface area (Å²) in [6.45, 7) is 20.2. The minimum atomic E-state index is -3.77. The lowest BCUT2D eigenvalue weighted by Gasteiger charge is -2.08. The SMILES string of the molecule is C#CC#CC.C=C=C.C=C=C.Cc1ccc(S(=O)(=O)Cl)cc1.Cc1ccc(S(=O)(=O)OCCCc2ccc(S(=O)(=O)c3ccc(C)cc3)cc2)cc1.N.O.O.OCCCc1ccccc1. The van der Waals surface area contributed by atoms with Crippen molar-refractivity contribution in [1.29, 1.82) is 0 Å². The molecule has 0 fully saturated rings. The van der Waals surface area contributed by atoms with Crippen LogP contribution in [0.2, 0.25) is 0 Å². The van der Waals surface area contributed by atoms with Crippen LogP contribution in [-0.4, -0.2) is 54.5 Å². The van der Waals surface area contributed by atoms with E-state index in [2.05, 4.69) is 67.7 Å². The molecule has 0 aliphatic heterocycles. The molecule has 5 aromatic rings. The first-order valence-corrected chi connectivity index (χ1v) is 24.0. The van der Waals surface area contributed by atoms with Crippen molar-refractivity contribution in [3.63, 3.8) is 0 Å². The number of hydrogen-bond donors (Lipinski definition) is 2. The molecule has 352 valence electrons. The van der Waals surface area contributed by atoms with Crippen molar-refractivity contribution in [2.24, 2.45) is 0 Å². The number of sulfone groups is 1. The first-order chi connectivity index (χ1) is 29.4. The van der Waals surface area contributed by atoms with E-state index in [1.54, 1.807) is 79.7 Å². The molecule has 0 aliphatic rings. The van der Waals surface area contributed by atoms with Gasteiger partial charge in [-0.15, -0.1) is 17.9 Å². The van der Waals surface area contributed by atoms with Crippen LogP contribution in [0.4, 0.5) is 0 Å². The molecule has 0 aliphatic carbocycles. The molecule has 0 saturated carbocycles. The minimum absolute atomic E-state index is 0. The van der Waals surface area contributed by atoms with Gasteiger partial charge < -0.3 is 22.2 Å². The summed E-state index contributed by atoms with van der Waals surface area (Å²) >= 11 is 0. The lowest BCUT2D eigenvalue weighted by molar-refractivity contribution is 0.288. The van der Waals surface area contributed by atoms with Gasteiger partial charge >= 0.3 is 0 Å². The summed E-state index contributed by atoms with van der Waals surface area (Å²) in [6.07, 6.45) is 7.64. The molecule has 0 atom stereocenters. The molecule has 0 aromatic heterocycles. The summed E-state index contributed by atoms with van der Waals surface area (Å²) in [4.78, 5) is 0.771. The summed E-state index contributed by atoms with van der Waals surface area (Å²) in [5.74, 6) is 7.08. The fourth-order valence-corrected chi connectivity index (χ4v) is 7.58. The molecule has 65 heavy (non-hydrogen) atoms. The molecule has 0 heterocycles. The highest BCUT2D eigenvalue weighted by molar-refractivity contribution is 8.13. The quantitative estimate of drug-likeness (QED) is 0.0399. The van der Waals surface area contributed by atoms with Crippen LogP contribution in [0.15, 0.2) is 185 Å². The number of rotatable bonds is 12. The van der Waals surface area contributed by atoms with E-state index in [1.807, 2.05) is 39.0 Å². The fraction of sp³-hybridized carbons (Fsp3) is 0.200. The molecule has 0 bridgehead atoms. The number of aryl methyl sites for hydroxylation is 5. The van der Waals surface area contributed by atoms with E-state index in [4.69, 9.17) is 26.4 Å². The summed E-state index contributed by atoms with van der Waals surface area (Å²) in [6, 6.07) is 36.5. The first-order valence-electron chi connectivity index (χ1n) is 18.8. The Kier molecular flexibility index (Phi) is 37.0. The van der Waals surface area contributed by atoms with Crippen LogP contribution in [0.25, 0.3) is 0 Å². The maximum absolute atomic E-state index is 12.7. The van der Waals surface area contributed by atoms with E-state index in [0.717, 1.165) is 35.1 Å². The zero-order valence-electron chi connectivity index (χ0n) is 37.4. The molecule has 5 aromatic carbocycles. The Hall–Kier alpha value is -5.80. The van der Waals surface area contributed by atoms with E-state index in [9.17, 15) is 25.3 Å². The summed E-state index contributed by atoms with van der Waals surface area (Å²) < 4.78 is 76.3. The molecule has 0 spiro atoms. The Balaban J connectivity index is -0.000000436. The molecule has 11 nitrogen and oxygen atoms in total. The van der Waals surface area contributed by atoms with Gasteiger partial charge in [0.25, 0.3) is 19.2 Å². The Morgan fingerprint density at radius 2 is 0.938 bits per heavy atom. The number of hydrogen-bond acceptors (Lipinski definition) is 9. The van der Waals surface area contributed by atoms with E-state index in [1.165, 1.54) is 29.8 Å². The van der Waals surface area contributed by atoms with Crippen molar-refractivity contribution in [3.8, 4) is 24.2 Å². The zero-order valence-corrected chi connectivity index (χ0v) is 40.6. The predicted molar refractivity (Wildman–Crippen MR) is 266 cm³/mol. The third-order valence-electron chi connectivity index (χ3n) is 7.69. The Labute approximate surface area is 392 Å². The molecule has 0 amide bonds. The van der Waals surface area contributed by atoms with Crippen LogP contribution in [-0.2, 0) is 46.0 Å². The van der Waals surface area contributed by atoms with Gasteiger partial charge in [0.1, 0.15) is 0 Å². The van der Waals surface area contributed by atoms with Crippen LogP contribution in [0.1, 0.15) is 47.6 Å². The predicted octanol–water partition coefficient (Wildman–Crippen LogP) is 9.08. The lowest BCUT2D eigenvalue weighted by atomic mass is 10.1. The first kappa shape index (κ1) is 65.8.